The van der Waals surface area contributed by atoms with Crippen molar-refractivity contribution in [2.75, 3.05) is 5.32 Å². The Morgan fingerprint density at radius 3 is 2.81 bits per heavy atom. The lowest BCUT2D eigenvalue weighted by Crippen LogP contribution is -2.14. The summed E-state index contributed by atoms with van der Waals surface area (Å²) in [6, 6.07) is 13.1. The van der Waals surface area contributed by atoms with Gasteiger partial charge in [0.2, 0.25) is 0 Å². The first-order chi connectivity index (χ1) is 15.1. The first-order valence-corrected chi connectivity index (χ1v) is 9.71. The molecule has 8 heteroatoms. The van der Waals surface area contributed by atoms with Crippen LogP contribution in [0.3, 0.4) is 0 Å². The predicted molar refractivity (Wildman–Crippen MR) is 117 cm³/mol. The molecule has 0 bridgehead atoms. The normalized spacial score (nSPS) is 12.2. The molecule has 0 saturated heterocycles. The van der Waals surface area contributed by atoms with E-state index < -0.39 is 0 Å². The number of hydrogen-bond donors (Lipinski definition) is 2. The summed E-state index contributed by atoms with van der Waals surface area (Å²) in [5.41, 5.74) is 3.12. The Labute approximate surface area is 176 Å². The molecule has 1 atom stereocenters. The average molecular weight is 412 g/mol. The molecule has 31 heavy (non-hydrogen) atoms. The Balaban J connectivity index is 1.66. The van der Waals surface area contributed by atoms with Crippen LogP contribution in [-0.2, 0) is 0 Å². The Kier molecular flexibility index (Phi) is 4.59. The summed E-state index contributed by atoms with van der Waals surface area (Å²) in [5.74, 6) is 0.0826. The molecule has 5 aromatic rings. The molecule has 152 valence electrons. The molecule has 4 aromatic heterocycles. The van der Waals surface area contributed by atoms with Gasteiger partial charge in [-0.15, -0.1) is 0 Å². The third kappa shape index (κ3) is 3.48. The summed E-state index contributed by atoms with van der Waals surface area (Å²) in [4.78, 5) is 33.0. The van der Waals surface area contributed by atoms with Crippen molar-refractivity contribution in [1.29, 1.82) is 0 Å². The topological polar surface area (TPSA) is 96.5 Å². The van der Waals surface area contributed by atoms with Gasteiger partial charge in [0.15, 0.2) is 5.43 Å². The number of fused-ring (bicyclic) bond motifs is 2. The second kappa shape index (κ2) is 7.56. The predicted octanol–water partition coefficient (Wildman–Crippen LogP) is 4.24. The number of pyridine rings is 3. The highest BCUT2D eigenvalue weighted by Gasteiger charge is 2.18. The molecule has 0 aliphatic rings. The molecule has 0 aliphatic carbocycles. The molecule has 0 unspecified atom stereocenters. The van der Waals surface area contributed by atoms with Crippen molar-refractivity contribution < 1.29 is 4.39 Å². The summed E-state index contributed by atoms with van der Waals surface area (Å²) < 4.78 is 13.8. The maximum Gasteiger partial charge on any atom is 0.194 e. The lowest BCUT2D eigenvalue weighted by atomic mass is 10.0. The number of hydrogen-bond acceptors (Lipinski definition) is 6. The molecule has 2 N–H and O–H groups in total. The quantitative estimate of drug-likeness (QED) is 0.458. The van der Waals surface area contributed by atoms with E-state index in [-0.39, 0.29) is 17.3 Å². The highest BCUT2D eigenvalue weighted by molar-refractivity contribution is 5.87. The van der Waals surface area contributed by atoms with Crippen LogP contribution in [0.1, 0.15) is 18.7 Å². The van der Waals surface area contributed by atoms with Crippen molar-refractivity contribution in [1.82, 2.24) is 24.9 Å². The second-order valence-corrected chi connectivity index (χ2v) is 7.13. The molecule has 4 heterocycles. The Morgan fingerprint density at radius 2 is 1.97 bits per heavy atom. The summed E-state index contributed by atoms with van der Waals surface area (Å²) in [5, 5.41) is 4.35. The van der Waals surface area contributed by atoms with Crippen LogP contribution >= 0.6 is 0 Å². The van der Waals surface area contributed by atoms with Crippen molar-refractivity contribution in [2.24, 2.45) is 0 Å². The van der Waals surface area contributed by atoms with E-state index in [0.29, 0.717) is 33.4 Å². The third-order valence-corrected chi connectivity index (χ3v) is 5.06. The lowest BCUT2D eigenvalue weighted by Gasteiger charge is -2.19. The van der Waals surface area contributed by atoms with E-state index in [1.807, 2.05) is 31.2 Å². The summed E-state index contributed by atoms with van der Waals surface area (Å²) in [6.07, 6.45) is 4.64. The maximum absolute atomic E-state index is 13.8. The molecule has 0 aliphatic heterocycles. The van der Waals surface area contributed by atoms with Crippen molar-refractivity contribution in [3.8, 4) is 11.3 Å². The number of aromatic amines is 1. The summed E-state index contributed by atoms with van der Waals surface area (Å²) >= 11 is 0. The van der Waals surface area contributed by atoms with Crippen LogP contribution in [0, 0.1) is 5.82 Å². The van der Waals surface area contributed by atoms with Gasteiger partial charge in [0, 0.05) is 29.4 Å². The largest absolute Gasteiger partial charge is 0.361 e. The van der Waals surface area contributed by atoms with E-state index >= 15 is 0 Å². The zero-order valence-electron chi connectivity index (χ0n) is 16.5. The van der Waals surface area contributed by atoms with Crippen molar-refractivity contribution in [3.63, 3.8) is 0 Å². The second-order valence-electron chi connectivity index (χ2n) is 7.13. The van der Waals surface area contributed by atoms with Crippen LogP contribution in [0.5, 0.6) is 0 Å². The fourth-order valence-corrected chi connectivity index (χ4v) is 3.61. The SMILES string of the molecule is C[C@H](Nc1ncnc2[nH]ccc(=O)c12)c1nc2ccc(F)cc2cc1-c1ccccn1. The molecule has 0 fully saturated rings. The smallest absolute Gasteiger partial charge is 0.194 e. The van der Waals surface area contributed by atoms with Crippen molar-refractivity contribution >= 4 is 27.8 Å². The fraction of sp³-hybridized carbons (Fsp3) is 0.0870. The first kappa shape index (κ1) is 18.8. The van der Waals surface area contributed by atoms with E-state index in [0.717, 1.165) is 11.3 Å². The minimum absolute atomic E-state index is 0.184. The van der Waals surface area contributed by atoms with Crippen LogP contribution in [0.2, 0.25) is 0 Å². The highest BCUT2D eigenvalue weighted by atomic mass is 19.1. The minimum Gasteiger partial charge on any atom is -0.361 e. The number of nitrogens with zero attached hydrogens (tertiary/aromatic N) is 4. The molecule has 5 rings (SSSR count). The molecular formula is C23H17FN6O. The zero-order chi connectivity index (χ0) is 21.4. The molecule has 1 aromatic carbocycles. The number of rotatable bonds is 4. The minimum atomic E-state index is -0.329. The van der Waals surface area contributed by atoms with Gasteiger partial charge in [-0.25, -0.2) is 19.3 Å². The van der Waals surface area contributed by atoms with Gasteiger partial charge in [0.25, 0.3) is 0 Å². The number of nitrogens with one attached hydrogen (secondary N) is 2. The van der Waals surface area contributed by atoms with Gasteiger partial charge in [-0.2, -0.15) is 0 Å². The van der Waals surface area contributed by atoms with Crippen LogP contribution in [0.4, 0.5) is 10.2 Å². The van der Waals surface area contributed by atoms with Crippen LogP contribution in [0.25, 0.3) is 33.2 Å². The third-order valence-electron chi connectivity index (χ3n) is 5.06. The maximum atomic E-state index is 13.8. The number of benzene rings is 1. The van der Waals surface area contributed by atoms with Gasteiger partial charge in [0.1, 0.15) is 29.0 Å². The summed E-state index contributed by atoms with van der Waals surface area (Å²) in [6.45, 7) is 1.93. The molecule has 0 radical (unpaired) electrons. The number of aromatic nitrogens is 5. The average Bonchev–Trinajstić information content (AvgIpc) is 2.79. The molecular weight excluding hydrogens is 395 g/mol. The van der Waals surface area contributed by atoms with E-state index in [1.165, 1.54) is 24.5 Å². The number of anilines is 1. The Hall–Kier alpha value is -4.20. The van der Waals surface area contributed by atoms with E-state index in [2.05, 4.69) is 25.3 Å². The Morgan fingerprint density at radius 1 is 1.06 bits per heavy atom. The van der Waals surface area contributed by atoms with Gasteiger partial charge in [-0.05, 0) is 43.3 Å². The lowest BCUT2D eigenvalue weighted by molar-refractivity contribution is 0.629. The van der Waals surface area contributed by atoms with E-state index in [9.17, 15) is 9.18 Å². The fourth-order valence-electron chi connectivity index (χ4n) is 3.61. The summed E-state index contributed by atoms with van der Waals surface area (Å²) in [7, 11) is 0. The number of H-pyrrole nitrogens is 1. The highest BCUT2D eigenvalue weighted by Crippen LogP contribution is 2.31. The van der Waals surface area contributed by atoms with Gasteiger partial charge < -0.3 is 10.3 Å². The van der Waals surface area contributed by atoms with Crippen LogP contribution in [0.15, 0.2) is 72.0 Å². The first-order valence-electron chi connectivity index (χ1n) is 9.71. The zero-order valence-corrected chi connectivity index (χ0v) is 16.5. The van der Waals surface area contributed by atoms with E-state index in [1.54, 1.807) is 18.5 Å². The standard InChI is InChI=1S/C23H17FN6O/c1-13(29-23-20-19(31)7-9-26-22(20)27-12-28-23)21-16(18-4-2-3-8-25-18)11-14-10-15(24)5-6-17(14)30-21/h2-13H,1H3,(H2,26,27,28,29,31)/t13-/m0/s1. The van der Waals surface area contributed by atoms with Crippen molar-refractivity contribution in [2.45, 2.75) is 13.0 Å². The van der Waals surface area contributed by atoms with Crippen LogP contribution < -0.4 is 10.7 Å². The van der Waals surface area contributed by atoms with Gasteiger partial charge >= 0.3 is 0 Å². The van der Waals surface area contributed by atoms with Crippen molar-refractivity contribution in [3.05, 3.63) is 89.0 Å². The molecule has 7 nitrogen and oxygen atoms in total. The molecule has 0 spiro atoms. The Bertz CT molecular complexity index is 1460. The van der Waals surface area contributed by atoms with Crippen LogP contribution in [-0.4, -0.2) is 24.9 Å². The van der Waals surface area contributed by atoms with Gasteiger partial charge in [0.05, 0.1) is 22.9 Å². The molecule has 0 saturated carbocycles. The van der Waals surface area contributed by atoms with Gasteiger partial charge in [-0.3, -0.25) is 9.78 Å². The van der Waals surface area contributed by atoms with E-state index in [4.69, 9.17) is 4.98 Å². The number of halogens is 1. The monoisotopic (exact) mass is 412 g/mol. The van der Waals surface area contributed by atoms with Gasteiger partial charge in [-0.1, -0.05) is 6.07 Å². The molecule has 0 amide bonds.